The third-order valence-electron chi connectivity index (χ3n) is 6.93. The lowest BCUT2D eigenvalue weighted by atomic mass is 9.78. The molecule has 0 amide bonds. The summed E-state index contributed by atoms with van der Waals surface area (Å²) in [5.74, 6) is 0. The van der Waals surface area contributed by atoms with Gasteiger partial charge in [-0.1, -0.05) is 6.08 Å². The third kappa shape index (κ3) is 2.58. The van der Waals surface area contributed by atoms with Crippen molar-refractivity contribution in [3.8, 4) is 6.07 Å². The topological polar surface area (TPSA) is 67.6 Å². The molecule has 1 atom stereocenters. The summed E-state index contributed by atoms with van der Waals surface area (Å²) in [5, 5.41) is 10.7. The van der Waals surface area contributed by atoms with Gasteiger partial charge < -0.3 is 10.3 Å². The second-order valence-electron chi connectivity index (χ2n) is 8.66. The molecule has 0 radical (unpaired) electrons. The van der Waals surface area contributed by atoms with Crippen LogP contribution in [0.1, 0.15) is 57.3 Å². The first-order valence-corrected chi connectivity index (χ1v) is 10.0. The van der Waals surface area contributed by atoms with E-state index >= 15 is 0 Å². The van der Waals surface area contributed by atoms with Crippen LogP contribution in [-0.4, -0.2) is 9.55 Å². The molecule has 1 aromatic carbocycles. The van der Waals surface area contributed by atoms with Crippen LogP contribution in [0.15, 0.2) is 17.8 Å². The second kappa shape index (κ2) is 6.30. The Hall–Kier alpha value is -2.90. The molecule has 0 bridgehead atoms. The molecule has 148 valence electrons. The maximum atomic E-state index is 9.51. The predicted molar refractivity (Wildman–Crippen MR) is 119 cm³/mol. The van der Waals surface area contributed by atoms with Crippen LogP contribution >= 0.6 is 0 Å². The highest BCUT2D eigenvalue weighted by Crippen LogP contribution is 2.43. The molecule has 1 aliphatic rings. The summed E-state index contributed by atoms with van der Waals surface area (Å²) in [6, 6.07) is 4.48. The fraction of sp³-hybridized carbons (Fsp3) is 0.360. The predicted octanol–water partition coefficient (Wildman–Crippen LogP) is 4.80. The zero-order chi connectivity index (χ0) is 21.2. The Labute approximate surface area is 172 Å². The number of nitrogens with zero attached hydrogens (tertiary/aromatic N) is 3. The van der Waals surface area contributed by atoms with Crippen LogP contribution in [-0.2, 0) is 19.0 Å². The van der Waals surface area contributed by atoms with Gasteiger partial charge in [0.15, 0.2) is 0 Å². The molecular weight excluding hydrogens is 356 g/mol. The Morgan fingerprint density at radius 1 is 1.10 bits per heavy atom. The number of aryl methyl sites for hydroxylation is 3. The first-order valence-electron chi connectivity index (χ1n) is 10.0. The highest BCUT2D eigenvalue weighted by molar-refractivity contribution is 5.91. The summed E-state index contributed by atoms with van der Waals surface area (Å²) in [4.78, 5) is 4.73. The molecule has 2 aromatic heterocycles. The molecule has 2 N–H and O–H groups in total. The van der Waals surface area contributed by atoms with Crippen molar-refractivity contribution < 1.29 is 0 Å². The van der Waals surface area contributed by atoms with Crippen molar-refractivity contribution in [2.45, 2.75) is 53.5 Å². The zero-order valence-corrected chi connectivity index (χ0v) is 18.4. The van der Waals surface area contributed by atoms with Crippen LogP contribution in [0.25, 0.3) is 17.0 Å². The number of hydrogen-bond donors (Lipinski definition) is 1. The van der Waals surface area contributed by atoms with Gasteiger partial charge in [-0.3, -0.25) is 4.98 Å². The molecule has 4 rings (SSSR count). The van der Waals surface area contributed by atoms with Gasteiger partial charge in [-0.25, -0.2) is 0 Å². The van der Waals surface area contributed by atoms with Crippen molar-refractivity contribution in [2.24, 2.45) is 12.8 Å². The van der Waals surface area contributed by atoms with Gasteiger partial charge in [-0.05, 0) is 81.0 Å². The number of hydrogen-bond acceptors (Lipinski definition) is 3. The average Bonchev–Trinajstić information content (AvgIpc) is 3.25. The lowest BCUT2D eigenvalue weighted by molar-refractivity contribution is 0.579. The maximum absolute atomic E-state index is 9.51. The summed E-state index contributed by atoms with van der Waals surface area (Å²) < 4.78 is 2.18. The van der Waals surface area contributed by atoms with E-state index in [1.54, 1.807) is 0 Å². The molecule has 29 heavy (non-hydrogen) atoms. The molecule has 1 unspecified atom stereocenters. The van der Waals surface area contributed by atoms with E-state index in [1.165, 1.54) is 33.2 Å². The average molecular weight is 385 g/mol. The molecule has 4 nitrogen and oxygen atoms in total. The quantitative estimate of drug-likeness (QED) is 0.690. The molecular formula is C25H28N4. The first-order chi connectivity index (χ1) is 13.6. The second-order valence-corrected chi connectivity index (χ2v) is 8.66. The SMILES string of the molecule is Cc1nc2c(c(C)c1C#N)C=C(C(C)(N)c1c(C)c(C)c(C)c3c1ccn3C)C2. The van der Waals surface area contributed by atoms with E-state index in [0.717, 1.165) is 34.5 Å². The standard InChI is InChI=1S/C25H28N4/c1-13-14(2)23(19-8-9-29(7)24(19)15(13)3)25(6,27)18-10-20-16(4)21(12-26)17(5)28-22(20)11-18/h8-10H,11,27H2,1-7H3. The van der Waals surface area contributed by atoms with E-state index in [9.17, 15) is 5.26 Å². The minimum atomic E-state index is -0.629. The van der Waals surface area contributed by atoms with Gasteiger partial charge in [0.05, 0.1) is 28.0 Å². The fourth-order valence-corrected chi connectivity index (χ4v) is 5.05. The molecule has 0 saturated carbocycles. The van der Waals surface area contributed by atoms with Crippen molar-refractivity contribution in [3.63, 3.8) is 0 Å². The minimum Gasteiger partial charge on any atom is -0.350 e. The summed E-state index contributed by atoms with van der Waals surface area (Å²) in [6.07, 6.45) is 5.00. The zero-order valence-electron chi connectivity index (χ0n) is 18.4. The molecule has 3 aromatic rings. The third-order valence-corrected chi connectivity index (χ3v) is 6.93. The van der Waals surface area contributed by atoms with Crippen molar-refractivity contribution in [1.29, 1.82) is 5.26 Å². The number of pyridine rings is 1. The Morgan fingerprint density at radius 3 is 2.45 bits per heavy atom. The number of fused-ring (bicyclic) bond motifs is 2. The van der Waals surface area contributed by atoms with Crippen molar-refractivity contribution in [1.82, 2.24) is 9.55 Å². The van der Waals surface area contributed by atoms with Crippen LogP contribution < -0.4 is 5.73 Å². The molecule has 2 heterocycles. The Kier molecular flexibility index (Phi) is 4.22. The summed E-state index contributed by atoms with van der Waals surface area (Å²) in [5.41, 5.74) is 18.5. The number of aromatic nitrogens is 2. The number of nitriles is 1. The lowest BCUT2D eigenvalue weighted by Gasteiger charge is -2.31. The van der Waals surface area contributed by atoms with E-state index in [0.29, 0.717) is 5.56 Å². The highest BCUT2D eigenvalue weighted by Gasteiger charge is 2.35. The maximum Gasteiger partial charge on any atom is 0.101 e. The first kappa shape index (κ1) is 19.4. The highest BCUT2D eigenvalue weighted by atomic mass is 14.9. The van der Waals surface area contributed by atoms with Gasteiger partial charge in [-0.15, -0.1) is 0 Å². The summed E-state index contributed by atoms with van der Waals surface area (Å²) >= 11 is 0. The Bertz CT molecular complexity index is 1260. The molecule has 0 saturated heterocycles. The van der Waals surface area contributed by atoms with E-state index in [4.69, 9.17) is 10.7 Å². The van der Waals surface area contributed by atoms with E-state index in [-0.39, 0.29) is 0 Å². The van der Waals surface area contributed by atoms with Crippen LogP contribution in [0.4, 0.5) is 0 Å². The molecule has 0 fully saturated rings. The monoisotopic (exact) mass is 384 g/mol. The smallest absolute Gasteiger partial charge is 0.101 e. The number of nitrogens with two attached hydrogens (primary N) is 1. The largest absolute Gasteiger partial charge is 0.350 e. The van der Waals surface area contributed by atoms with E-state index < -0.39 is 5.54 Å². The molecule has 0 spiro atoms. The Morgan fingerprint density at radius 2 is 1.79 bits per heavy atom. The molecule has 1 aliphatic carbocycles. The van der Waals surface area contributed by atoms with Gasteiger partial charge in [0.2, 0.25) is 0 Å². The minimum absolute atomic E-state index is 0.629. The normalized spacial score (nSPS) is 15.2. The van der Waals surface area contributed by atoms with Crippen molar-refractivity contribution in [2.75, 3.05) is 0 Å². The van der Waals surface area contributed by atoms with Crippen LogP contribution in [0.2, 0.25) is 0 Å². The molecule has 4 heteroatoms. The fourth-order valence-electron chi connectivity index (χ4n) is 5.05. The van der Waals surface area contributed by atoms with Crippen molar-refractivity contribution >= 4 is 17.0 Å². The van der Waals surface area contributed by atoms with Gasteiger partial charge in [0.1, 0.15) is 6.07 Å². The van der Waals surface area contributed by atoms with Crippen LogP contribution in [0.5, 0.6) is 0 Å². The van der Waals surface area contributed by atoms with Crippen LogP contribution in [0, 0.1) is 45.9 Å². The lowest BCUT2D eigenvalue weighted by Crippen LogP contribution is -2.36. The van der Waals surface area contributed by atoms with Crippen molar-refractivity contribution in [3.05, 3.63) is 68.2 Å². The number of benzene rings is 1. The van der Waals surface area contributed by atoms with Gasteiger partial charge >= 0.3 is 0 Å². The summed E-state index contributed by atoms with van der Waals surface area (Å²) in [7, 11) is 2.09. The Balaban J connectivity index is 1.95. The van der Waals surface area contributed by atoms with Gasteiger partial charge in [0.25, 0.3) is 0 Å². The van der Waals surface area contributed by atoms with Gasteiger partial charge in [-0.2, -0.15) is 5.26 Å². The summed E-state index contributed by atoms with van der Waals surface area (Å²) in [6.45, 7) is 12.6. The molecule has 0 aliphatic heterocycles. The van der Waals surface area contributed by atoms with Gasteiger partial charge in [0, 0.05) is 30.6 Å². The van der Waals surface area contributed by atoms with E-state index in [1.807, 2.05) is 13.8 Å². The van der Waals surface area contributed by atoms with Crippen LogP contribution in [0.3, 0.4) is 0 Å². The number of rotatable bonds is 2. The van der Waals surface area contributed by atoms with E-state index in [2.05, 4.69) is 63.7 Å².